The van der Waals surface area contributed by atoms with E-state index in [-0.39, 0.29) is 0 Å². The first-order valence-electron chi connectivity index (χ1n) is 8.02. The lowest BCUT2D eigenvalue weighted by molar-refractivity contribution is 0.337. The largest absolute Gasteiger partial charge is 0.492 e. The number of benzene rings is 1. The molecule has 0 spiro atoms. The van der Waals surface area contributed by atoms with Crippen LogP contribution < -0.4 is 4.74 Å². The topological polar surface area (TPSA) is 52.8 Å². The standard InChI is InChI=1S/C16H22N4OS/c1-2-21-15-11-7-6-10-14(15)20-16(17-18-19-20)22-12-13-8-4-3-5-9-13/h6-7,10-11,13H,2-5,8-9,12H2,1H3. The number of rotatable bonds is 6. The van der Waals surface area contributed by atoms with Gasteiger partial charge in [0.25, 0.3) is 0 Å². The van der Waals surface area contributed by atoms with Gasteiger partial charge in [0.15, 0.2) is 0 Å². The molecule has 0 aliphatic heterocycles. The molecule has 0 bridgehead atoms. The predicted molar refractivity (Wildman–Crippen MR) is 87.6 cm³/mol. The van der Waals surface area contributed by atoms with Crippen molar-refractivity contribution in [2.75, 3.05) is 12.4 Å². The van der Waals surface area contributed by atoms with Crippen molar-refractivity contribution >= 4 is 11.8 Å². The molecule has 1 aromatic heterocycles. The fraction of sp³-hybridized carbons (Fsp3) is 0.562. The highest BCUT2D eigenvalue weighted by atomic mass is 32.2. The zero-order valence-electron chi connectivity index (χ0n) is 12.9. The summed E-state index contributed by atoms with van der Waals surface area (Å²) in [5, 5.41) is 13.0. The molecule has 2 aromatic rings. The smallest absolute Gasteiger partial charge is 0.214 e. The molecule has 22 heavy (non-hydrogen) atoms. The summed E-state index contributed by atoms with van der Waals surface area (Å²) in [4.78, 5) is 0. The van der Waals surface area contributed by atoms with Crippen LogP contribution in [0.4, 0.5) is 0 Å². The summed E-state index contributed by atoms with van der Waals surface area (Å²) >= 11 is 1.75. The maximum Gasteiger partial charge on any atom is 0.214 e. The fourth-order valence-electron chi connectivity index (χ4n) is 2.88. The van der Waals surface area contributed by atoms with Crippen molar-refractivity contribution in [3.63, 3.8) is 0 Å². The van der Waals surface area contributed by atoms with Crippen LogP contribution in [-0.2, 0) is 0 Å². The molecular weight excluding hydrogens is 296 g/mol. The Morgan fingerprint density at radius 1 is 1.23 bits per heavy atom. The lowest BCUT2D eigenvalue weighted by atomic mass is 9.91. The zero-order chi connectivity index (χ0) is 15.2. The molecule has 1 aromatic carbocycles. The molecule has 1 heterocycles. The second kappa shape index (κ2) is 7.63. The van der Waals surface area contributed by atoms with E-state index in [1.54, 1.807) is 16.4 Å². The number of thioether (sulfide) groups is 1. The molecule has 118 valence electrons. The maximum atomic E-state index is 5.68. The molecule has 3 rings (SSSR count). The van der Waals surface area contributed by atoms with E-state index in [4.69, 9.17) is 4.74 Å². The average Bonchev–Trinajstić information content (AvgIpc) is 3.03. The highest BCUT2D eigenvalue weighted by molar-refractivity contribution is 7.99. The van der Waals surface area contributed by atoms with E-state index in [0.29, 0.717) is 6.61 Å². The molecule has 6 heteroatoms. The summed E-state index contributed by atoms with van der Waals surface area (Å²) in [7, 11) is 0. The van der Waals surface area contributed by atoms with Crippen LogP contribution in [0.25, 0.3) is 5.69 Å². The predicted octanol–water partition coefficient (Wildman–Crippen LogP) is 3.73. The van der Waals surface area contributed by atoms with Crippen molar-refractivity contribution in [1.82, 2.24) is 20.2 Å². The normalized spacial score (nSPS) is 15.9. The van der Waals surface area contributed by atoms with Gasteiger partial charge in [0.05, 0.1) is 6.61 Å². The maximum absolute atomic E-state index is 5.68. The molecule has 0 N–H and O–H groups in total. The van der Waals surface area contributed by atoms with Gasteiger partial charge in [-0.05, 0) is 48.2 Å². The van der Waals surface area contributed by atoms with Gasteiger partial charge in [-0.1, -0.05) is 43.2 Å². The SMILES string of the molecule is CCOc1ccccc1-n1nnnc1SCC1CCCCC1. The number of aromatic nitrogens is 4. The number of hydrogen-bond acceptors (Lipinski definition) is 5. The summed E-state index contributed by atoms with van der Waals surface area (Å²) in [6, 6.07) is 7.89. The first-order valence-corrected chi connectivity index (χ1v) is 9.00. The van der Waals surface area contributed by atoms with Gasteiger partial charge in [-0.2, -0.15) is 4.68 Å². The fourth-order valence-corrected chi connectivity index (χ4v) is 3.95. The van der Waals surface area contributed by atoms with Gasteiger partial charge in [0.2, 0.25) is 5.16 Å². The number of hydrogen-bond donors (Lipinski definition) is 0. The van der Waals surface area contributed by atoms with Crippen molar-refractivity contribution in [1.29, 1.82) is 0 Å². The lowest BCUT2D eigenvalue weighted by Crippen LogP contribution is -2.10. The first kappa shape index (κ1) is 15.3. The molecule has 5 nitrogen and oxygen atoms in total. The average molecular weight is 318 g/mol. The summed E-state index contributed by atoms with van der Waals surface area (Å²) in [5.41, 5.74) is 0.903. The summed E-state index contributed by atoms with van der Waals surface area (Å²) < 4.78 is 7.47. The first-order chi connectivity index (χ1) is 10.9. The third kappa shape index (κ3) is 3.61. The van der Waals surface area contributed by atoms with Gasteiger partial charge in [-0.15, -0.1) is 5.10 Å². The van der Waals surface area contributed by atoms with Crippen LogP contribution in [-0.4, -0.2) is 32.6 Å². The quantitative estimate of drug-likeness (QED) is 0.760. The zero-order valence-corrected chi connectivity index (χ0v) is 13.8. The highest BCUT2D eigenvalue weighted by Crippen LogP contribution is 2.31. The Morgan fingerprint density at radius 3 is 2.86 bits per heavy atom. The van der Waals surface area contributed by atoms with Gasteiger partial charge >= 0.3 is 0 Å². The monoisotopic (exact) mass is 318 g/mol. The second-order valence-corrected chi connectivity index (χ2v) is 6.58. The highest BCUT2D eigenvalue weighted by Gasteiger charge is 2.17. The molecular formula is C16H22N4OS. The van der Waals surface area contributed by atoms with Crippen molar-refractivity contribution < 1.29 is 4.74 Å². The van der Waals surface area contributed by atoms with Crippen LogP contribution in [0.1, 0.15) is 39.0 Å². The molecule has 0 unspecified atom stereocenters. The van der Waals surface area contributed by atoms with E-state index in [1.165, 1.54) is 32.1 Å². The Kier molecular flexibility index (Phi) is 5.32. The lowest BCUT2D eigenvalue weighted by Gasteiger charge is -2.20. The minimum absolute atomic E-state index is 0.629. The Bertz CT molecular complexity index is 595. The number of ether oxygens (including phenoxy) is 1. The molecule has 0 radical (unpaired) electrons. The van der Waals surface area contributed by atoms with Crippen LogP contribution in [0.15, 0.2) is 29.4 Å². The number of tetrazole rings is 1. The third-order valence-corrected chi connectivity index (χ3v) is 5.16. The summed E-state index contributed by atoms with van der Waals surface area (Å²) in [5.74, 6) is 2.71. The van der Waals surface area contributed by atoms with Crippen LogP contribution in [0.5, 0.6) is 5.75 Å². The van der Waals surface area contributed by atoms with Crippen molar-refractivity contribution in [2.45, 2.75) is 44.2 Å². The molecule has 1 fully saturated rings. The molecule has 1 aliphatic carbocycles. The summed E-state index contributed by atoms with van der Waals surface area (Å²) in [6.07, 6.45) is 6.79. The summed E-state index contributed by atoms with van der Waals surface area (Å²) in [6.45, 7) is 2.61. The van der Waals surface area contributed by atoms with E-state index >= 15 is 0 Å². The molecule has 0 amide bonds. The van der Waals surface area contributed by atoms with Crippen molar-refractivity contribution in [2.24, 2.45) is 5.92 Å². The molecule has 1 saturated carbocycles. The van der Waals surface area contributed by atoms with Gasteiger partial charge in [0.1, 0.15) is 11.4 Å². The second-order valence-electron chi connectivity index (χ2n) is 5.59. The number of para-hydroxylation sites is 2. The molecule has 0 saturated heterocycles. The Labute approximate surface area is 135 Å². The van der Waals surface area contributed by atoms with E-state index in [9.17, 15) is 0 Å². The Morgan fingerprint density at radius 2 is 2.05 bits per heavy atom. The van der Waals surface area contributed by atoms with Crippen LogP contribution in [0.3, 0.4) is 0 Å². The molecule has 1 aliphatic rings. The van der Waals surface area contributed by atoms with E-state index in [2.05, 4.69) is 15.5 Å². The van der Waals surface area contributed by atoms with Gasteiger partial charge in [-0.25, -0.2) is 0 Å². The van der Waals surface area contributed by atoms with Crippen molar-refractivity contribution in [3.05, 3.63) is 24.3 Å². The van der Waals surface area contributed by atoms with E-state index in [0.717, 1.165) is 28.3 Å². The third-order valence-electron chi connectivity index (χ3n) is 4.01. The van der Waals surface area contributed by atoms with Crippen LogP contribution in [0.2, 0.25) is 0 Å². The van der Waals surface area contributed by atoms with Crippen LogP contribution >= 0.6 is 11.8 Å². The minimum Gasteiger partial charge on any atom is -0.492 e. The van der Waals surface area contributed by atoms with Gasteiger partial charge in [0, 0.05) is 5.75 Å². The number of nitrogens with zero attached hydrogens (tertiary/aromatic N) is 4. The minimum atomic E-state index is 0.629. The Hall–Kier alpha value is -1.56. The van der Waals surface area contributed by atoms with Crippen LogP contribution in [0, 0.1) is 5.92 Å². The molecule has 0 atom stereocenters. The van der Waals surface area contributed by atoms with Gasteiger partial charge in [-0.3, -0.25) is 0 Å². The Balaban J connectivity index is 1.74. The van der Waals surface area contributed by atoms with E-state index < -0.39 is 0 Å². The van der Waals surface area contributed by atoms with Gasteiger partial charge < -0.3 is 4.74 Å². The van der Waals surface area contributed by atoms with E-state index in [1.807, 2.05) is 31.2 Å². The van der Waals surface area contributed by atoms with Crippen molar-refractivity contribution in [3.8, 4) is 11.4 Å².